The van der Waals surface area contributed by atoms with Crippen molar-refractivity contribution in [3.05, 3.63) is 57.5 Å². The second-order valence-electron chi connectivity index (χ2n) is 4.00. The molecule has 3 nitrogen and oxygen atoms in total. The Bertz CT molecular complexity index is 760. The number of fused-ring (bicyclic) bond motifs is 1. The molecule has 0 aliphatic heterocycles. The summed E-state index contributed by atoms with van der Waals surface area (Å²) in [6.45, 7) is 0.740. The summed E-state index contributed by atoms with van der Waals surface area (Å²) in [7, 11) is 0. The van der Waals surface area contributed by atoms with Crippen LogP contribution in [0.1, 0.15) is 5.56 Å². The number of hydrogen-bond donors (Lipinski definition) is 1. The number of nitrogens with zero attached hydrogens (tertiary/aromatic N) is 2. The Labute approximate surface area is 118 Å². The van der Waals surface area contributed by atoms with Gasteiger partial charge in [0.15, 0.2) is 4.77 Å². The van der Waals surface area contributed by atoms with E-state index in [-0.39, 0.29) is 0 Å². The van der Waals surface area contributed by atoms with Crippen molar-refractivity contribution < 1.29 is 0 Å². The number of rotatable bonds is 2. The van der Waals surface area contributed by atoms with Crippen LogP contribution < -0.4 is 0 Å². The number of aromatic amines is 1. The minimum atomic E-state index is 0.716. The van der Waals surface area contributed by atoms with E-state index in [0.29, 0.717) is 4.77 Å². The fourth-order valence-electron chi connectivity index (χ4n) is 1.96. The van der Waals surface area contributed by atoms with Gasteiger partial charge >= 0.3 is 0 Å². The Morgan fingerprint density at radius 3 is 2.94 bits per heavy atom. The third-order valence-corrected chi connectivity index (χ3v) is 3.96. The highest BCUT2D eigenvalue weighted by Crippen LogP contribution is 2.20. The SMILES string of the molecule is S=c1[nH]c2cnccc2n1Cc1ccccc1Br. The molecule has 2 aromatic heterocycles. The zero-order valence-corrected chi connectivity index (χ0v) is 11.8. The van der Waals surface area contributed by atoms with Gasteiger partial charge in [0.1, 0.15) is 0 Å². The van der Waals surface area contributed by atoms with Gasteiger partial charge in [-0.05, 0) is 29.9 Å². The van der Waals surface area contributed by atoms with Crippen molar-refractivity contribution >= 4 is 39.2 Å². The van der Waals surface area contributed by atoms with Gasteiger partial charge in [-0.3, -0.25) is 4.98 Å². The number of halogens is 1. The lowest BCUT2D eigenvalue weighted by Gasteiger charge is -2.06. The minimum Gasteiger partial charge on any atom is -0.329 e. The predicted octanol–water partition coefficient (Wildman–Crippen LogP) is 3.90. The number of imidazole rings is 1. The molecule has 0 saturated heterocycles. The van der Waals surface area contributed by atoms with E-state index in [1.807, 2.05) is 24.3 Å². The van der Waals surface area contributed by atoms with Crippen molar-refractivity contribution in [2.45, 2.75) is 6.54 Å². The molecule has 0 bridgehead atoms. The third kappa shape index (κ3) is 2.00. The molecule has 1 N–H and O–H groups in total. The van der Waals surface area contributed by atoms with Crippen LogP contribution in [0.3, 0.4) is 0 Å². The van der Waals surface area contributed by atoms with Crippen LogP contribution >= 0.6 is 28.1 Å². The van der Waals surface area contributed by atoms with Crippen LogP contribution in [-0.2, 0) is 6.54 Å². The molecule has 0 aliphatic rings. The number of aromatic nitrogens is 3. The minimum absolute atomic E-state index is 0.716. The molecule has 2 heterocycles. The van der Waals surface area contributed by atoms with Gasteiger partial charge in [0, 0.05) is 10.7 Å². The summed E-state index contributed by atoms with van der Waals surface area (Å²) >= 11 is 8.92. The highest BCUT2D eigenvalue weighted by Gasteiger charge is 2.06. The lowest BCUT2D eigenvalue weighted by molar-refractivity contribution is 0.807. The topological polar surface area (TPSA) is 33.6 Å². The van der Waals surface area contributed by atoms with Gasteiger partial charge in [0.25, 0.3) is 0 Å². The lowest BCUT2D eigenvalue weighted by Crippen LogP contribution is -2.00. The molecule has 90 valence electrons. The number of H-pyrrole nitrogens is 1. The summed E-state index contributed by atoms with van der Waals surface area (Å²) in [6, 6.07) is 10.1. The maximum Gasteiger partial charge on any atom is 0.178 e. The van der Waals surface area contributed by atoms with E-state index in [4.69, 9.17) is 12.2 Å². The van der Waals surface area contributed by atoms with Gasteiger partial charge in [0.2, 0.25) is 0 Å². The molecule has 1 aromatic carbocycles. The number of nitrogens with one attached hydrogen (secondary N) is 1. The van der Waals surface area contributed by atoms with Crippen LogP contribution in [0.15, 0.2) is 47.2 Å². The molecule has 3 rings (SSSR count). The maximum absolute atomic E-state index is 5.36. The third-order valence-electron chi connectivity index (χ3n) is 2.86. The first-order chi connectivity index (χ1) is 8.75. The van der Waals surface area contributed by atoms with Gasteiger partial charge in [-0.25, -0.2) is 0 Å². The van der Waals surface area contributed by atoms with Crippen LogP contribution in [0.25, 0.3) is 11.0 Å². The molecule has 5 heteroatoms. The molecule has 0 fully saturated rings. The summed E-state index contributed by atoms with van der Waals surface area (Å²) in [6.07, 6.45) is 3.57. The molecule has 0 unspecified atom stereocenters. The average Bonchev–Trinajstić information content (AvgIpc) is 2.69. The molecule has 0 radical (unpaired) electrons. The fourth-order valence-corrected chi connectivity index (χ4v) is 2.65. The summed E-state index contributed by atoms with van der Waals surface area (Å²) in [5.74, 6) is 0. The first-order valence-corrected chi connectivity index (χ1v) is 6.72. The van der Waals surface area contributed by atoms with E-state index in [2.05, 4.69) is 36.5 Å². The van der Waals surface area contributed by atoms with Gasteiger partial charge in [-0.1, -0.05) is 34.1 Å². The second kappa shape index (κ2) is 4.66. The van der Waals surface area contributed by atoms with E-state index in [1.165, 1.54) is 5.56 Å². The molecule has 3 aromatic rings. The normalized spacial score (nSPS) is 10.9. The van der Waals surface area contributed by atoms with Crippen molar-refractivity contribution in [3.63, 3.8) is 0 Å². The molecule has 18 heavy (non-hydrogen) atoms. The highest BCUT2D eigenvalue weighted by atomic mass is 79.9. The van der Waals surface area contributed by atoms with E-state index in [9.17, 15) is 0 Å². The van der Waals surface area contributed by atoms with Crippen molar-refractivity contribution in [3.8, 4) is 0 Å². The van der Waals surface area contributed by atoms with E-state index < -0.39 is 0 Å². The lowest BCUT2D eigenvalue weighted by atomic mass is 10.2. The van der Waals surface area contributed by atoms with Crippen molar-refractivity contribution in [1.82, 2.24) is 14.5 Å². The van der Waals surface area contributed by atoms with Crippen LogP contribution in [0.2, 0.25) is 0 Å². The first kappa shape index (κ1) is 11.6. The molecule has 0 spiro atoms. The molecule has 0 amide bonds. The summed E-state index contributed by atoms with van der Waals surface area (Å²) < 4.78 is 3.89. The predicted molar refractivity (Wildman–Crippen MR) is 78.2 cm³/mol. The fraction of sp³-hybridized carbons (Fsp3) is 0.0769. The quantitative estimate of drug-likeness (QED) is 0.727. The smallest absolute Gasteiger partial charge is 0.178 e. The zero-order chi connectivity index (χ0) is 12.5. The van der Waals surface area contributed by atoms with E-state index in [1.54, 1.807) is 12.4 Å². The average molecular weight is 320 g/mol. The number of hydrogen-bond acceptors (Lipinski definition) is 2. The number of pyridine rings is 1. The standard InChI is InChI=1S/C13H10BrN3S/c14-10-4-2-1-3-9(10)8-17-12-5-6-15-7-11(12)16-13(17)18/h1-7H,8H2,(H,16,18). The van der Waals surface area contributed by atoms with Crippen LogP contribution in [0.5, 0.6) is 0 Å². The highest BCUT2D eigenvalue weighted by molar-refractivity contribution is 9.10. The van der Waals surface area contributed by atoms with Gasteiger partial charge in [-0.15, -0.1) is 0 Å². The summed E-state index contributed by atoms with van der Waals surface area (Å²) in [5, 5.41) is 0. The Morgan fingerprint density at radius 2 is 2.11 bits per heavy atom. The molecular weight excluding hydrogens is 310 g/mol. The first-order valence-electron chi connectivity index (χ1n) is 5.51. The largest absolute Gasteiger partial charge is 0.329 e. The summed E-state index contributed by atoms with van der Waals surface area (Å²) in [4.78, 5) is 7.26. The monoisotopic (exact) mass is 319 g/mol. The molecular formula is C13H10BrN3S. The van der Waals surface area contributed by atoms with Gasteiger partial charge < -0.3 is 9.55 Å². The summed E-state index contributed by atoms with van der Waals surface area (Å²) in [5.41, 5.74) is 3.24. The van der Waals surface area contributed by atoms with Crippen LogP contribution in [-0.4, -0.2) is 14.5 Å². The van der Waals surface area contributed by atoms with Gasteiger partial charge in [0.05, 0.1) is 23.8 Å². The second-order valence-corrected chi connectivity index (χ2v) is 5.24. The van der Waals surface area contributed by atoms with E-state index in [0.717, 1.165) is 22.1 Å². The zero-order valence-electron chi connectivity index (χ0n) is 9.43. The Morgan fingerprint density at radius 1 is 1.28 bits per heavy atom. The molecule has 0 atom stereocenters. The Balaban J connectivity index is 2.13. The van der Waals surface area contributed by atoms with Crippen molar-refractivity contribution in [1.29, 1.82) is 0 Å². The van der Waals surface area contributed by atoms with Crippen LogP contribution in [0, 0.1) is 4.77 Å². The Kier molecular flexibility index (Phi) is 3.01. The van der Waals surface area contributed by atoms with Crippen molar-refractivity contribution in [2.75, 3.05) is 0 Å². The maximum atomic E-state index is 5.36. The molecule has 0 aliphatic carbocycles. The van der Waals surface area contributed by atoms with Crippen molar-refractivity contribution in [2.24, 2.45) is 0 Å². The number of benzene rings is 1. The Hall–Kier alpha value is -1.46. The van der Waals surface area contributed by atoms with Crippen LogP contribution in [0.4, 0.5) is 0 Å². The molecule has 0 saturated carbocycles. The van der Waals surface area contributed by atoms with Gasteiger partial charge in [-0.2, -0.15) is 0 Å². The van der Waals surface area contributed by atoms with E-state index >= 15 is 0 Å².